The molecule has 0 bridgehead atoms. The van der Waals surface area contributed by atoms with E-state index in [4.69, 9.17) is 4.74 Å². The Balaban J connectivity index is 1.90. The van der Waals surface area contributed by atoms with Crippen LogP contribution in [-0.4, -0.2) is 40.4 Å². The van der Waals surface area contributed by atoms with Crippen LogP contribution in [0.4, 0.5) is 5.13 Å². The maximum absolute atomic E-state index is 4.93. The summed E-state index contributed by atoms with van der Waals surface area (Å²) in [4.78, 5) is 8.22. The summed E-state index contributed by atoms with van der Waals surface area (Å²) >= 11 is 2.87. The molecule has 2 aromatic heterocycles. The van der Waals surface area contributed by atoms with Crippen LogP contribution < -0.4 is 5.32 Å². The molecule has 0 atom stereocenters. The molecule has 2 aromatic rings. The van der Waals surface area contributed by atoms with Crippen LogP contribution in [-0.2, 0) is 4.74 Å². The lowest BCUT2D eigenvalue weighted by molar-refractivity contribution is 0.211. The number of hydrogen-bond donors (Lipinski definition) is 1. The minimum Gasteiger partial charge on any atom is -0.383 e. The lowest BCUT2D eigenvalue weighted by atomic mass is 10.7. The van der Waals surface area contributed by atoms with Crippen molar-refractivity contribution < 1.29 is 4.74 Å². The molecule has 0 amide bonds. The van der Waals surface area contributed by atoms with Crippen molar-refractivity contribution in [2.24, 2.45) is 0 Å². The van der Waals surface area contributed by atoms with Crippen LogP contribution in [0.25, 0.3) is 0 Å². The Hall–Kier alpha value is -1.25. The van der Waals surface area contributed by atoms with E-state index in [0.29, 0.717) is 11.8 Å². The molecule has 0 aliphatic heterocycles. The second-order valence-corrected chi connectivity index (χ2v) is 5.12. The Kier molecular flexibility index (Phi) is 4.65. The fourth-order valence-corrected chi connectivity index (χ4v) is 2.59. The molecule has 0 fully saturated rings. The summed E-state index contributed by atoms with van der Waals surface area (Å²) in [6, 6.07) is 1.78. The molecular weight excluding hydrogens is 258 g/mol. The van der Waals surface area contributed by atoms with Crippen LogP contribution in [0.1, 0.15) is 0 Å². The highest BCUT2D eigenvalue weighted by Gasteiger charge is 2.06. The van der Waals surface area contributed by atoms with Gasteiger partial charge in [-0.05, 0) is 17.8 Å². The zero-order valence-electron chi connectivity index (χ0n) is 9.16. The fourth-order valence-electron chi connectivity index (χ4n) is 0.999. The van der Waals surface area contributed by atoms with Crippen LogP contribution in [0, 0.1) is 0 Å². The summed E-state index contributed by atoms with van der Waals surface area (Å²) in [6.07, 6.45) is 3.40. The van der Waals surface area contributed by atoms with Crippen molar-refractivity contribution in [2.75, 3.05) is 25.6 Å². The maximum Gasteiger partial charge on any atom is 0.206 e. The Morgan fingerprint density at radius 1 is 1.35 bits per heavy atom. The monoisotopic (exact) mass is 269 g/mol. The van der Waals surface area contributed by atoms with Gasteiger partial charge in [0, 0.05) is 26.0 Å². The summed E-state index contributed by atoms with van der Waals surface area (Å²) in [6.45, 7) is 1.36. The van der Waals surface area contributed by atoms with Gasteiger partial charge in [-0.2, -0.15) is 0 Å². The average Bonchev–Trinajstić information content (AvgIpc) is 2.79. The van der Waals surface area contributed by atoms with Gasteiger partial charge in [0.1, 0.15) is 0 Å². The topological polar surface area (TPSA) is 72.8 Å². The van der Waals surface area contributed by atoms with E-state index >= 15 is 0 Å². The summed E-state index contributed by atoms with van der Waals surface area (Å²) in [5.41, 5.74) is 0. The van der Waals surface area contributed by atoms with Crippen LogP contribution in [0.3, 0.4) is 0 Å². The Morgan fingerprint density at radius 3 is 2.94 bits per heavy atom. The first-order valence-electron chi connectivity index (χ1n) is 4.89. The predicted molar refractivity (Wildman–Crippen MR) is 66.4 cm³/mol. The predicted octanol–water partition coefficient (Wildman–Crippen LogP) is 1.54. The van der Waals surface area contributed by atoms with Crippen LogP contribution in [0.2, 0.25) is 0 Å². The van der Waals surface area contributed by atoms with Gasteiger partial charge < -0.3 is 10.1 Å². The van der Waals surface area contributed by atoms with E-state index < -0.39 is 0 Å². The normalized spacial score (nSPS) is 10.4. The Labute approximate surface area is 107 Å². The van der Waals surface area contributed by atoms with E-state index in [9.17, 15) is 0 Å². The number of methoxy groups -OCH3 is 1. The molecular formula is C9H11N5OS2. The lowest BCUT2D eigenvalue weighted by Crippen LogP contribution is -2.06. The molecule has 0 aliphatic carbocycles. The van der Waals surface area contributed by atoms with E-state index in [2.05, 4.69) is 25.5 Å². The van der Waals surface area contributed by atoms with Crippen molar-refractivity contribution in [3.8, 4) is 0 Å². The molecule has 2 heterocycles. The fraction of sp³-hybridized carbons (Fsp3) is 0.333. The molecule has 0 spiro atoms. The van der Waals surface area contributed by atoms with Crippen LogP contribution >= 0.6 is 23.1 Å². The van der Waals surface area contributed by atoms with Gasteiger partial charge in [0.25, 0.3) is 0 Å². The minimum absolute atomic E-state index is 0.643. The van der Waals surface area contributed by atoms with Gasteiger partial charge in [0.15, 0.2) is 9.50 Å². The second-order valence-electron chi connectivity index (χ2n) is 2.93. The van der Waals surface area contributed by atoms with E-state index in [1.165, 1.54) is 23.1 Å². The molecule has 0 aromatic carbocycles. The number of nitrogens with one attached hydrogen (secondary N) is 1. The van der Waals surface area contributed by atoms with Crippen LogP contribution in [0.5, 0.6) is 0 Å². The molecule has 6 nitrogen and oxygen atoms in total. The highest BCUT2D eigenvalue weighted by molar-refractivity contribution is 8.00. The van der Waals surface area contributed by atoms with Gasteiger partial charge in [-0.15, -0.1) is 10.2 Å². The first kappa shape index (κ1) is 12.2. The second kappa shape index (κ2) is 6.48. The van der Waals surface area contributed by atoms with Gasteiger partial charge in [0.05, 0.1) is 6.61 Å². The molecule has 17 heavy (non-hydrogen) atoms. The van der Waals surface area contributed by atoms with E-state index in [1.807, 2.05) is 0 Å². The zero-order valence-corrected chi connectivity index (χ0v) is 10.8. The third kappa shape index (κ3) is 3.91. The SMILES string of the molecule is COCCNc1nnc(Sc2ncccn2)s1. The first-order chi connectivity index (χ1) is 8.38. The minimum atomic E-state index is 0.643. The summed E-state index contributed by atoms with van der Waals surface area (Å²) in [5.74, 6) is 0. The van der Waals surface area contributed by atoms with Gasteiger partial charge >= 0.3 is 0 Å². The quantitative estimate of drug-likeness (QED) is 0.630. The standard InChI is InChI=1S/C9H11N5OS2/c1-15-6-5-12-8-13-14-9(17-8)16-7-10-3-2-4-11-7/h2-4H,5-6H2,1H3,(H,12,13). The number of hydrogen-bond acceptors (Lipinski definition) is 8. The molecule has 1 N–H and O–H groups in total. The third-order valence-corrected chi connectivity index (χ3v) is 3.53. The van der Waals surface area contributed by atoms with E-state index in [1.54, 1.807) is 25.6 Å². The van der Waals surface area contributed by atoms with Gasteiger partial charge in [-0.1, -0.05) is 11.3 Å². The molecule has 0 radical (unpaired) electrons. The van der Waals surface area contributed by atoms with Crippen molar-refractivity contribution in [3.05, 3.63) is 18.5 Å². The third-order valence-electron chi connectivity index (χ3n) is 1.71. The summed E-state index contributed by atoms with van der Waals surface area (Å²) in [5, 5.41) is 12.6. The van der Waals surface area contributed by atoms with Crippen LogP contribution in [0.15, 0.2) is 28.0 Å². The highest BCUT2D eigenvalue weighted by atomic mass is 32.2. The highest BCUT2D eigenvalue weighted by Crippen LogP contribution is 2.29. The number of anilines is 1. The lowest BCUT2D eigenvalue weighted by Gasteiger charge is -1.98. The van der Waals surface area contributed by atoms with Crippen molar-refractivity contribution in [1.29, 1.82) is 0 Å². The molecule has 0 saturated heterocycles. The molecule has 90 valence electrons. The molecule has 2 rings (SSSR count). The number of nitrogens with zero attached hydrogens (tertiary/aromatic N) is 4. The number of ether oxygens (including phenoxy) is 1. The number of rotatable bonds is 6. The summed E-state index contributed by atoms with van der Waals surface area (Å²) < 4.78 is 5.75. The number of aromatic nitrogens is 4. The molecule has 0 saturated carbocycles. The molecule has 0 unspecified atom stereocenters. The van der Waals surface area contributed by atoms with Crippen molar-refractivity contribution in [2.45, 2.75) is 9.50 Å². The molecule has 8 heteroatoms. The van der Waals surface area contributed by atoms with Crippen molar-refractivity contribution >= 4 is 28.2 Å². The van der Waals surface area contributed by atoms with Gasteiger partial charge in [-0.25, -0.2) is 9.97 Å². The van der Waals surface area contributed by atoms with Crippen molar-refractivity contribution in [3.63, 3.8) is 0 Å². The largest absolute Gasteiger partial charge is 0.383 e. The first-order valence-corrected chi connectivity index (χ1v) is 6.53. The Bertz CT molecular complexity index is 450. The Morgan fingerprint density at radius 2 is 2.18 bits per heavy atom. The van der Waals surface area contributed by atoms with Crippen molar-refractivity contribution in [1.82, 2.24) is 20.2 Å². The average molecular weight is 269 g/mol. The smallest absolute Gasteiger partial charge is 0.206 e. The van der Waals surface area contributed by atoms with Gasteiger partial charge in [0.2, 0.25) is 5.13 Å². The summed E-state index contributed by atoms with van der Waals surface area (Å²) in [7, 11) is 1.66. The van der Waals surface area contributed by atoms with E-state index in [-0.39, 0.29) is 0 Å². The maximum atomic E-state index is 4.93. The zero-order chi connectivity index (χ0) is 11.9. The molecule has 0 aliphatic rings. The van der Waals surface area contributed by atoms with Gasteiger partial charge in [-0.3, -0.25) is 0 Å². The van der Waals surface area contributed by atoms with E-state index in [0.717, 1.165) is 16.0 Å².